The normalized spacial score (nSPS) is 11.1. The van der Waals surface area contributed by atoms with E-state index in [-0.39, 0.29) is 0 Å². The Hall–Kier alpha value is -2.30. The van der Waals surface area contributed by atoms with Gasteiger partial charge >= 0.3 is 0 Å². The molecule has 2 aromatic heterocycles. The van der Waals surface area contributed by atoms with Crippen molar-refractivity contribution in [2.24, 2.45) is 7.05 Å². The Morgan fingerprint density at radius 2 is 2.15 bits per heavy atom. The Bertz CT molecular complexity index is 714. The van der Waals surface area contributed by atoms with Gasteiger partial charge in [0.1, 0.15) is 11.4 Å². The van der Waals surface area contributed by atoms with E-state index in [4.69, 9.17) is 4.74 Å². The minimum absolute atomic E-state index is 0.717. The average molecular weight is 270 g/mol. The highest BCUT2D eigenvalue weighted by Gasteiger charge is 2.08. The van der Waals surface area contributed by atoms with Crippen molar-refractivity contribution in [3.05, 3.63) is 42.4 Å². The molecule has 1 aromatic carbocycles. The maximum atomic E-state index is 5.79. The summed E-state index contributed by atoms with van der Waals surface area (Å²) in [7, 11) is 1.88. The molecule has 5 nitrogen and oxygen atoms in total. The Morgan fingerprint density at radius 3 is 2.90 bits per heavy atom. The van der Waals surface area contributed by atoms with Crippen LogP contribution in [0, 0.1) is 0 Å². The van der Waals surface area contributed by atoms with Gasteiger partial charge in [0.15, 0.2) is 0 Å². The number of hydrogen-bond acceptors (Lipinski definition) is 3. The molecule has 5 heteroatoms. The van der Waals surface area contributed by atoms with Crippen molar-refractivity contribution in [1.29, 1.82) is 0 Å². The van der Waals surface area contributed by atoms with Crippen molar-refractivity contribution >= 4 is 10.9 Å². The Kier molecular flexibility index (Phi) is 3.41. The number of aryl methyl sites for hydroxylation is 1. The summed E-state index contributed by atoms with van der Waals surface area (Å²) in [4.78, 5) is 0. The monoisotopic (exact) mass is 270 g/mol. The van der Waals surface area contributed by atoms with Gasteiger partial charge in [-0.2, -0.15) is 0 Å². The third-order valence-corrected chi connectivity index (χ3v) is 3.22. The van der Waals surface area contributed by atoms with Gasteiger partial charge in [-0.15, -0.1) is 5.10 Å². The maximum absolute atomic E-state index is 5.79. The molecule has 3 aromatic rings. The zero-order chi connectivity index (χ0) is 13.9. The molecule has 2 heterocycles. The van der Waals surface area contributed by atoms with Crippen LogP contribution < -0.4 is 4.74 Å². The van der Waals surface area contributed by atoms with E-state index < -0.39 is 0 Å². The van der Waals surface area contributed by atoms with Crippen LogP contribution in [-0.4, -0.2) is 26.2 Å². The number of hydrogen-bond donors (Lipinski definition) is 0. The fourth-order valence-corrected chi connectivity index (χ4v) is 2.31. The van der Waals surface area contributed by atoms with E-state index >= 15 is 0 Å². The topological polar surface area (TPSA) is 44.9 Å². The summed E-state index contributed by atoms with van der Waals surface area (Å²) < 4.78 is 9.67. The quantitative estimate of drug-likeness (QED) is 0.716. The first-order valence-electron chi connectivity index (χ1n) is 6.84. The van der Waals surface area contributed by atoms with E-state index in [1.165, 1.54) is 0 Å². The van der Waals surface area contributed by atoms with Crippen LogP contribution in [0.5, 0.6) is 5.75 Å². The maximum Gasteiger partial charge on any atom is 0.128 e. The summed E-state index contributed by atoms with van der Waals surface area (Å²) in [6, 6.07) is 8.24. The lowest BCUT2D eigenvalue weighted by molar-refractivity contribution is 0.321. The molecule has 20 heavy (non-hydrogen) atoms. The first kappa shape index (κ1) is 12.7. The fourth-order valence-electron chi connectivity index (χ4n) is 2.31. The SMILES string of the molecule is CCCOc1cccc2c1ccn2Cc1cn(C)nn1. The van der Waals surface area contributed by atoms with Gasteiger partial charge in [-0.3, -0.25) is 4.68 Å². The number of benzene rings is 1. The van der Waals surface area contributed by atoms with Crippen LogP contribution in [0.1, 0.15) is 19.0 Å². The molecule has 0 radical (unpaired) electrons. The zero-order valence-electron chi connectivity index (χ0n) is 11.8. The number of nitrogens with zero attached hydrogens (tertiary/aromatic N) is 4. The molecule has 104 valence electrons. The van der Waals surface area contributed by atoms with Crippen molar-refractivity contribution in [1.82, 2.24) is 19.6 Å². The summed E-state index contributed by atoms with van der Waals surface area (Å²) in [6.07, 6.45) is 5.01. The molecule has 0 spiro atoms. The lowest BCUT2D eigenvalue weighted by Gasteiger charge is -2.07. The van der Waals surface area contributed by atoms with Gasteiger partial charge in [0.05, 0.1) is 18.7 Å². The first-order valence-corrected chi connectivity index (χ1v) is 6.84. The molecule has 3 rings (SSSR count). The van der Waals surface area contributed by atoms with E-state index in [2.05, 4.69) is 40.1 Å². The second kappa shape index (κ2) is 5.36. The number of aromatic nitrogens is 4. The van der Waals surface area contributed by atoms with Gasteiger partial charge in [-0.1, -0.05) is 18.2 Å². The van der Waals surface area contributed by atoms with Gasteiger partial charge in [-0.05, 0) is 24.6 Å². The van der Waals surface area contributed by atoms with Crippen LogP contribution in [-0.2, 0) is 13.6 Å². The minimum atomic E-state index is 0.717. The third kappa shape index (κ3) is 2.39. The molecule has 0 unspecified atom stereocenters. The van der Waals surface area contributed by atoms with E-state index in [1.54, 1.807) is 4.68 Å². The molecule has 0 saturated heterocycles. The molecule has 0 saturated carbocycles. The van der Waals surface area contributed by atoms with E-state index in [9.17, 15) is 0 Å². The summed E-state index contributed by atoms with van der Waals surface area (Å²) in [5, 5.41) is 9.24. The lowest BCUT2D eigenvalue weighted by Crippen LogP contribution is -1.99. The highest BCUT2D eigenvalue weighted by molar-refractivity contribution is 5.86. The van der Waals surface area contributed by atoms with Crippen LogP contribution in [0.15, 0.2) is 36.7 Å². The Balaban J connectivity index is 1.92. The molecule has 0 amide bonds. The van der Waals surface area contributed by atoms with E-state index in [0.717, 1.165) is 35.4 Å². The lowest BCUT2D eigenvalue weighted by atomic mass is 10.2. The standard InChI is InChI=1S/C15H18N4O/c1-3-9-20-15-6-4-5-14-13(15)7-8-19(14)11-12-10-18(2)17-16-12/h4-8,10H,3,9,11H2,1-2H3. The van der Waals surface area contributed by atoms with Gasteiger partial charge in [0, 0.05) is 24.8 Å². The van der Waals surface area contributed by atoms with Crippen LogP contribution in [0.4, 0.5) is 0 Å². The third-order valence-electron chi connectivity index (χ3n) is 3.22. The molecular formula is C15H18N4O. The molecule has 0 aliphatic heterocycles. The fraction of sp³-hybridized carbons (Fsp3) is 0.333. The second-order valence-corrected chi connectivity index (χ2v) is 4.86. The second-order valence-electron chi connectivity index (χ2n) is 4.86. The largest absolute Gasteiger partial charge is 0.493 e. The van der Waals surface area contributed by atoms with Crippen molar-refractivity contribution < 1.29 is 4.74 Å². The zero-order valence-corrected chi connectivity index (χ0v) is 11.8. The van der Waals surface area contributed by atoms with Crippen LogP contribution in [0.2, 0.25) is 0 Å². The Labute approximate surface area is 117 Å². The molecule has 0 bridgehead atoms. The predicted molar refractivity (Wildman–Crippen MR) is 77.8 cm³/mol. The number of rotatable bonds is 5. The average Bonchev–Trinajstić information content (AvgIpc) is 3.04. The molecular weight excluding hydrogens is 252 g/mol. The first-order chi connectivity index (χ1) is 9.78. The van der Waals surface area contributed by atoms with Crippen LogP contribution >= 0.6 is 0 Å². The Morgan fingerprint density at radius 1 is 1.25 bits per heavy atom. The predicted octanol–water partition coefficient (Wildman–Crippen LogP) is 2.61. The number of fused-ring (bicyclic) bond motifs is 1. The van der Waals surface area contributed by atoms with Crippen LogP contribution in [0.25, 0.3) is 10.9 Å². The molecule has 0 atom stereocenters. The van der Waals surface area contributed by atoms with Crippen molar-refractivity contribution in [2.45, 2.75) is 19.9 Å². The van der Waals surface area contributed by atoms with Crippen molar-refractivity contribution in [3.8, 4) is 5.75 Å². The van der Waals surface area contributed by atoms with E-state index in [0.29, 0.717) is 6.54 Å². The molecule has 0 aliphatic carbocycles. The molecule has 0 aliphatic rings. The van der Waals surface area contributed by atoms with Gasteiger partial charge in [0.25, 0.3) is 0 Å². The van der Waals surface area contributed by atoms with Gasteiger partial charge in [0.2, 0.25) is 0 Å². The summed E-state index contributed by atoms with van der Waals surface area (Å²) >= 11 is 0. The number of ether oxygens (including phenoxy) is 1. The summed E-state index contributed by atoms with van der Waals surface area (Å²) in [5.41, 5.74) is 2.11. The summed E-state index contributed by atoms with van der Waals surface area (Å²) in [6.45, 7) is 3.57. The minimum Gasteiger partial charge on any atom is -0.493 e. The highest BCUT2D eigenvalue weighted by Crippen LogP contribution is 2.27. The summed E-state index contributed by atoms with van der Waals surface area (Å²) in [5.74, 6) is 0.947. The van der Waals surface area contributed by atoms with Gasteiger partial charge < -0.3 is 9.30 Å². The van der Waals surface area contributed by atoms with Crippen LogP contribution in [0.3, 0.4) is 0 Å². The smallest absolute Gasteiger partial charge is 0.128 e. The molecule has 0 N–H and O–H groups in total. The highest BCUT2D eigenvalue weighted by atomic mass is 16.5. The molecule has 0 fully saturated rings. The van der Waals surface area contributed by atoms with Crippen molar-refractivity contribution in [3.63, 3.8) is 0 Å². The van der Waals surface area contributed by atoms with Gasteiger partial charge in [-0.25, -0.2) is 0 Å². The van der Waals surface area contributed by atoms with Crippen molar-refractivity contribution in [2.75, 3.05) is 6.61 Å². The van der Waals surface area contributed by atoms with E-state index in [1.807, 2.05) is 25.4 Å².